The smallest absolute Gasteiger partial charge is 0.416 e. The number of nitrogens with one attached hydrogen (secondary N) is 1. The summed E-state index contributed by atoms with van der Waals surface area (Å²) >= 11 is 6.11. The highest BCUT2D eigenvalue weighted by Crippen LogP contribution is 2.37. The Bertz CT molecular complexity index is 1930. The van der Waals surface area contributed by atoms with Gasteiger partial charge in [0.2, 0.25) is 0 Å². The second kappa shape index (κ2) is 10.1. The van der Waals surface area contributed by atoms with Crippen LogP contribution >= 0.6 is 11.6 Å². The molecule has 204 valence electrons. The number of anilines is 2. The zero-order valence-corrected chi connectivity index (χ0v) is 21.7. The van der Waals surface area contributed by atoms with Gasteiger partial charge in [0.25, 0.3) is 5.91 Å². The quantitative estimate of drug-likeness (QED) is 0.219. The summed E-state index contributed by atoms with van der Waals surface area (Å²) in [6.45, 7) is 0. The molecule has 0 saturated heterocycles. The van der Waals surface area contributed by atoms with Crippen LogP contribution in [-0.4, -0.2) is 20.4 Å². The average Bonchev–Trinajstić information content (AvgIpc) is 3.60. The fraction of sp³-hybridized carbons (Fsp3) is 0.0333. The van der Waals surface area contributed by atoms with Gasteiger partial charge in [0.05, 0.1) is 16.1 Å². The van der Waals surface area contributed by atoms with Gasteiger partial charge in [0, 0.05) is 28.9 Å². The Hall–Kier alpha value is -5.09. The van der Waals surface area contributed by atoms with Crippen molar-refractivity contribution in [2.24, 2.45) is 0 Å². The van der Waals surface area contributed by atoms with Gasteiger partial charge in [0.15, 0.2) is 5.76 Å². The van der Waals surface area contributed by atoms with Gasteiger partial charge in [0.1, 0.15) is 23.7 Å². The summed E-state index contributed by atoms with van der Waals surface area (Å²) < 4.78 is 47.0. The molecule has 0 aliphatic heterocycles. The van der Waals surface area contributed by atoms with E-state index in [0.717, 1.165) is 40.2 Å². The molecule has 11 heteroatoms. The monoisotopic (exact) mass is 573 g/mol. The standard InChI is InChI=1S/C30H19ClF3N5O2/c31-23-7-6-20(30(32,33)34)14-22(23)25-8-9-26(41-25)29(40)38-21-3-1-2-18(12-21)19-5-4-17-10-11-39(24(17)13-19)28-15-27(35)36-16-37-28/h1-16H,(H,38,40)(H2,35,36,37). The molecule has 0 spiro atoms. The Labute approximate surface area is 236 Å². The highest BCUT2D eigenvalue weighted by molar-refractivity contribution is 6.33. The lowest BCUT2D eigenvalue weighted by Gasteiger charge is -2.09. The molecule has 41 heavy (non-hydrogen) atoms. The average molecular weight is 574 g/mol. The third-order valence-corrected chi connectivity index (χ3v) is 6.79. The topological polar surface area (TPSA) is 99.0 Å². The molecule has 3 aromatic heterocycles. The summed E-state index contributed by atoms with van der Waals surface area (Å²) in [5, 5.41) is 3.85. The Morgan fingerprint density at radius 3 is 2.56 bits per heavy atom. The summed E-state index contributed by atoms with van der Waals surface area (Å²) in [7, 11) is 0. The summed E-state index contributed by atoms with van der Waals surface area (Å²) in [5.74, 6) is 0.388. The molecule has 0 atom stereocenters. The van der Waals surface area contributed by atoms with Gasteiger partial charge < -0.3 is 20.0 Å². The minimum Gasteiger partial charge on any atom is -0.451 e. The van der Waals surface area contributed by atoms with E-state index in [9.17, 15) is 18.0 Å². The maximum absolute atomic E-state index is 13.2. The van der Waals surface area contributed by atoms with Crippen LogP contribution in [0.3, 0.4) is 0 Å². The molecular formula is C30H19ClF3N5O2. The molecule has 0 aliphatic carbocycles. The molecule has 0 radical (unpaired) electrons. The van der Waals surface area contributed by atoms with Gasteiger partial charge in [-0.2, -0.15) is 13.2 Å². The number of furan rings is 1. The van der Waals surface area contributed by atoms with Crippen LogP contribution in [0.25, 0.3) is 39.2 Å². The predicted octanol–water partition coefficient (Wildman–Crippen LogP) is 7.85. The van der Waals surface area contributed by atoms with Gasteiger partial charge >= 0.3 is 6.18 Å². The zero-order chi connectivity index (χ0) is 28.7. The lowest BCUT2D eigenvalue weighted by atomic mass is 10.0. The SMILES string of the molecule is Nc1cc(-n2ccc3ccc(-c4cccc(NC(=O)c5ccc(-c6cc(C(F)(F)F)ccc6Cl)o5)c4)cc32)ncn1. The van der Waals surface area contributed by atoms with Crippen molar-refractivity contribution in [2.45, 2.75) is 6.18 Å². The highest BCUT2D eigenvalue weighted by Gasteiger charge is 2.31. The van der Waals surface area contributed by atoms with Crippen LogP contribution in [0.4, 0.5) is 24.7 Å². The molecule has 6 rings (SSSR count). The number of nitrogen functional groups attached to an aromatic ring is 1. The second-order valence-electron chi connectivity index (χ2n) is 9.15. The summed E-state index contributed by atoms with van der Waals surface area (Å²) in [4.78, 5) is 21.2. The first-order valence-electron chi connectivity index (χ1n) is 12.2. The molecule has 6 aromatic rings. The van der Waals surface area contributed by atoms with E-state index in [1.165, 1.54) is 18.5 Å². The van der Waals surface area contributed by atoms with Crippen LogP contribution < -0.4 is 11.1 Å². The van der Waals surface area contributed by atoms with E-state index >= 15 is 0 Å². The Balaban J connectivity index is 1.25. The Morgan fingerprint density at radius 1 is 0.927 bits per heavy atom. The third-order valence-electron chi connectivity index (χ3n) is 6.46. The van der Waals surface area contributed by atoms with E-state index in [-0.39, 0.29) is 22.1 Å². The molecule has 0 bridgehead atoms. The van der Waals surface area contributed by atoms with E-state index in [4.69, 9.17) is 21.8 Å². The number of halogens is 4. The highest BCUT2D eigenvalue weighted by atomic mass is 35.5. The van der Waals surface area contributed by atoms with Crippen LogP contribution in [0, 0.1) is 0 Å². The summed E-state index contributed by atoms with van der Waals surface area (Å²) in [6, 6.07) is 22.6. The van der Waals surface area contributed by atoms with Crippen LogP contribution in [0.15, 0.2) is 102 Å². The fourth-order valence-corrected chi connectivity index (χ4v) is 4.68. The van der Waals surface area contributed by atoms with E-state index in [1.54, 1.807) is 18.2 Å². The van der Waals surface area contributed by atoms with Crippen molar-refractivity contribution in [2.75, 3.05) is 11.1 Å². The number of nitrogens with zero attached hydrogens (tertiary/aromatic N) is 3. The Morgan fingerprint density at radius 2 is 1.76 bits per heavy atom. The number of nitrogens with two attached hydrogens (primary N) is 1. The number of amides is 1. The number of hydrogen-bond acceptors (Lipinski definition) is 5. The number of carbonyl (C=O) groups is 1. The molecular weight excluding hydrogens is 555 g/mol. The van der Waals surface area contributed by atoms with Crippen LogP contribution in [0.1, 0.15) is 16.1 Å². The van der Waals surface area contributed by atoms with Gasteiger partial charge in [-0.05, 0) is 65.7 Å². The normalized spacial score (nSPS) is 11.6. The predicted molar refractivity (Wildman–Crippen MR) is 151 cm³/mol. The van der Waals surface area contributed by atoms with Crippen molar-refractivity contribution in [1.29, 1.82) is 0 Å². The summed E-state index contributed by atoms with van der Waals surface area (Å²) in [5.41, 5.74) is 8.15. The van der Waals surface area contributed by atoms with E-state index in [2.05, 4.69) is 15.3 Å². The van der Waals surface area contributed by atoms with E-state index < -0.39 is 17.6 Å². The first-order valence-corrected chi connectivity index (χ1v) is 12.6. The minimum absolute atomic E-state index is 0.0346. The van der Waals surface area contributed by atoms with Gasteiger partial charge in [-0.25, -0.2) is 9.97 Å². The Kier molecular flexibility index (Phi) is 6.47. The maximum atomic E-state index is 13.2. The molecule has 1 amide bonds. The van der Waals surface area contributed by atoms with Gasteiger partial charge in [-0.15, -0.1) is 0 Å². The molecule has 0 fully saturated rings. The fourth-order valence-electron chi connectivity index (χ4n) is 4.47. The number of rotatable bonds is 5. The molecule has 3 heterocycles. The number of fused-ring (bicyclic) bond motifs is 1. The lowest BCUT2D eigenvalue weighted by Crippen LogP contribution is -2.10. The molecule has 3 N–H and O–H groups in total. The molecule has 3 aromatic carbocycles. The number of aromatic nitrogens is 3. The van der Waals surface area contributed by atoms with E-state index in [0.29, 0.717) is 17.3 Å². The number of hydrogen-bond donors (Lipinski definition) is 2. The third kappa shape index (κ3) is 5.24. The molecule has 7 nitrogen and oxygen atoms in total. The maximum Gasteiger partial charge on any atom is 0.416 e. The van der Waals surface area contributed by atoms with Crippen LogP contribution in [0.2, 0.25) is 5.02 Å². The minimum atomic E-state index is -4.55. The number of carbonyl (C=O) groups excluding carboxylic acids is 1. The summed E-state index contributed by atoms with van der Waals surface area (Å²) in [6.07, 6.45) is -1.24. The van der Waals surface area contributed by atoms with Crippen molar-refractivity contribution >= 4 is 39.9 Å². The van der Waals surface area contributed by atoms with Crippen molar-refractivity contribution in [1.82, 2.24) is 14.5 Å². The number of alkyl halides is 3. The largest absolute Gasteiger partial charge is 0.451 e. The molecule has 0 saturated carbocycles. The first kappa shape index (κ1) is 26.1. The van der Waals surface area contributed by atoms with Crippen molar-refractivity contribution in [3.8, 4) is 28.3 Å². The van der Waals surface area contributed by atoms with Crippen molar-refractivity contribution < 1.29 is 22.4 Å². The zero-order valence-electron chi connectivity index (χ0n) is 21.0. The van der Waals surface area contributed by atoms with Crippen LogP contribution in [-0.2, 0) is 6.18 Å². The number of benzene rings is 3. The van der Waals surface area contributed by atoms with Crippen molar-refractivity contribution in [3.63, 3.8) is 0 Å². The molecule has 0 unspecified atom stereocenters. The molecule has 0 aliphatic rings. The van der Waals surface area contributed by atoms with E-state index in [1.807, 2.05) is 47.2 Å². The first-order chi connectivity index (χ1) is 19.7. The second-order valence-corrected chi connectivity index (χ2v) is 9.56. The van der Waals surface area contributed by atoms with Crippen molar-refractivity contribution in [3.05, 3.63) is 114 Å². The van der Waals surface area contributed by atoms with Gasteiger partial charge in [-0.1, -0.05) is 35.9 Å². The van der Waals surface area contributed by atoms with Crippen LogP contribution in [0.5, 0.6) is 0 Å². The lowest BCUT2D eigenvalue weighted by molar-refractivity contribution is -0.137. The van der Waals surface area contributed by atoms with Gasteiger partial charge in [-0.3, -0.25) is 4.79 Å².